The van der Waals surface area contributed by atoms with E-state index in [4.69, 9.17) is 0 Å². The van der Waals surface area contributed by atoms with Gasteiger partial charge in [0, 0.05) is 29.9 Å². The van der Waals surface area contributed by atoms with Gasteiger partial charge in [0.05, 0.1) is 0 Å². The summed E-state index contributed by atoms with van der Waals surface area (Å²) in [6, 6.07) is 13.3. The van der Waals surface area contributed by atoms with E-state index in [2.05, 4.69) is 11.1 Å². The van der Waals surface area contributed by atoms with Crippen LogP contribution >= 0.6 is 0 Å². The van der Waals surface area contributed by atoms with Crippen LogP contribution in [0.4, 0.5) is 0 Å². The van der Waals surface area contributed by atoms with Crippen molar-refractivity contribution in [3.05, 3.63) is 64.2 Å². The van der Waals surface area contributed by atoms with Crippen molar-refractivity contribution >= 4 is 11.4 Å². The Morgan fingerprint density at radius 1 is 1.29 bits per heavy atom. The third-order valence-corrected chi connectivity index (χ3v) is 3.99. The zero-order valence-electron chi connectivity index (χ0n) is 13.4. The largest absolute Gasteiger partial charge is 0.344 e. The lowest BCUT2D eigenvalue weighted by atomic mass is 10.1. The van der Waals surface area contributed by atoms with E-state index in [1.165, 1.54) is 10.5 Å². The summed E-state index contributed by atoms with van der Waals surface area (Å²) in [6.45, 7) is 1.55. The van der Waals surface area contributed by atoms with Crippen molar-refractivity contribution in [1.82, 2.24) is 9.38 Å². The molecule has 0 saturated carbocycles. The van der Waals surface area contributed by atoms with Gasteiger partial charge in [-0.15, -0.1) is 0 Å². The molecule has 1 aromatic carbocycles. The molecule has 2 aromatic heterocycles. The predicted octanol–water partition coefficient (Wildman–Crippen LogP) is 3.08. The quantitative estimate of drug-likeness (QED) is 0.785. The molecule has 3 aromatic rings. The highest BCUT2D eigenvalue weighted by Gasteiger charge is 2.15. The van der Waals surface area contributed by atoms with Gasteiger partial charge in [-0.05, 0) is 25.3 Å². The van der Waals surface area contributed by atoms with E-state index in [-0.39, 0.29) is 11.3 Å². The Hall–Kier alpha value is -3.13. The third-order valence-electron chi connectivity index (χ3n) is 3.99. The fourth-order valence-corrected chi connectivity index (χ4v) is 2.82. The van der Waals surface area contributed by atoms with E-state index in [1.54, 1.807) is 13.1 Å². The second-order valence-corrected chi connectivity index (χ2v) is 5.80. The number of fused-ring (bicyclic) bond motifs is 1. The van der Waals surface area contributed by atoms with E-state index in [0.717, 1.165) is 16.8 Å². The second kappa shape index (κ2) is 6.55. The molecule has 0 radical (unpaired) electrons. The molecule has 0 saturated heterocycles. The average Bonchev–Trinajstić information content (AvgIpc) is 2.94. The number of rotatable bonds is 5. The first kappa shape index (κ1) is 15.8. The first-order valence-electron chi connectivity index (χ1n) is 7.82. The molecule has 0 aliphatic heterocycles. The maximum atomic E-state index is 12.4. The summed E-state index contributed by atoms with van der Waals surface area (Å²) in [5.41, 5.74) is 3.13. The molecular formula is C19H17N3O2. The summed E-state index contributed by atoms with van der Waals surface area (Å²) >= 11 is 0. The molecule has 5 nitrogen and oxygen atoms in total. The van der Waals surface area contributed by atoms with Crippen LogP contribution in [0.2, 0.25) is 0 Å². The van der Waals surface area contributed by atoms with E-state index >= 15 is 0 Å². The van der Waals surface area contributed by atoms with E-state index in [0.29, 0.717) is 30.5 Å². The van der Waals surface area contributed by atoms with Gasteiger partial charge >= 0.3 is 0 Å². The van der Waals surface area contributed by atoms with E-state index in [1.807, 2.05) is 30.3 Å². The molecule has 2 heterocycles. The minimum atomic E-state index is -0.180. The van der Waals surface area contributed by atoms with Crippen LogP contribution in [0.25, 0.3) is 16.8 Å². The van der Waals surface area contributed by atoms with Crippen LogP contribution in [-0.4, -0.2) is 15.2 Å². The molecule has 1 N–H and O–H groups in total. The molecular weight excluding hydrogens is 302 g/mol. The SMILES string of the molecule is CC(=O)CCCc1cc(=O)n2cc(-c3ccccc3)c(C#N)c2[nH]1. The average molecular weight is 319 g/mol. The standard InChI is InChI=1S/C19H17N3O2/c1-13(23)6-5-9-15-10-18(24)22-12-17(14-7-3-2-4-8-14)16(11-20)19(22)21-15/h2-4,7-8,10,12,21H,5-6,9H2,1H3. The fourth-order valence-electron chi connectivity index (χ4n) is 2.82. The Balaban J connectivity index is 2.08. The maximum Gasteiger partial charge on any atom is 0.257 e. The van der Waals surface area contributed by atoms with E-state index in [9.17, 15) is 14.9 Å². The van der Waals surface area contributed by atoms with Gasteiger partial charge in [0.25, 0.3) is 5.56 Å². The predicted molar refractivity (Wildman–Crippen MR) is 91.8 cm³/mol. The van der Waals surface area contributed by atoms with Crippen LogP contribution in [0.15, 0.2) is 47.4 Å². The second-order valence-electron chi connectivity index (χ2n) is 5.80. The van der Waals surface area contributed by atoms with Gasteiger partial charge in [-0.2, -0.15) is 5.26 Å². The van der Waals surface area contributed by atoms with Crippen LogP contribution in [0.1, 0.15) is 31.0 Å². The highest BCUT2D eigenvalue weighted by molar-refractivity contribution is 5.78. The molecule has 0 bridgehead atoms. The van der Waals surface area contributed by atoms with Gasteiger partial charge in [-0.3, -0.25) is 9.20 Å². The van der Waals surface area contributed by atoms with Gasteiger partial charge < -0.3 is 9.78 Å². The summed E-state index contributed by atoms with van der Waals surface area (Å²) in [6.07, 6.45) is 3.45. The molecule has 0 amide bonds. The lowest BCUT2D eigenvalue weighted by Crippen LogP contribution is -2.13. The fraction of sp³-hybridized carbons (Fsp3) is 0.211. The number of benzene rings is 1. The van der Waals surface area contributed by atoms with Gasteiger partial charge in [-0.25, -0.2) is 0 Å². The smallest absolute Gasteiger partial charge is 0.257 e. The number of nitriles is 1. The van der Waals surface area contributed by atoms with Crippen LogP contribution in [0.5, 0.6) is 0 Å². The Kier molecular flexibility index (Phi) is 4.30. The summed E-state index contributed by atoms with van der Waals surface area (Å²) in [7, 11) is 0. The summed E-state index contributed by atoms with van der Waals surface area (Å²) in [5.74, 6) is 0.130. The topological polar surface area (TPSA) is 78.1 Å². The van der Waals surface area contributed by atoms with Crippen molar-refractivity contribution in [3.63, 3.8) is 0 Å². The van der Waals surface area contributed by atoms with Gasteiger partial charge in [0.2, 0.25) is 0 Å². The monoisotopic (exact) mass is 319 g/mol. The lowest BCUT2D eigenvalue weighted by molar-refractivity contribution is -0.117. The molecule has 24 heavy (non-hydrogen) atoms. The Labute approximate surface area is 139 Å². The number of ketones is 1. The van der Waals surface area contributed by atoms with Crippen molar-refractivity contribution in [2.24, 2.45) is 0 Å². The number of aromatic nitrogens is 2. The number of Topliss-reactive ketones (excluding diaryl/α,β-unsaturated/α-hetero) is 1. The highest BCUT2D eigenvalue weighted by atomic mass is 16.1. The Morgan fingerprint density at radius 2 is 2.04 bits per heavy atom. The number of nitrogens with zero attached hydrogens (tertiary/aromatic N) is 2. The zero-order chi connectivity index (χ0) is 17.1. The van der Waals surface area contributed by atoms with Crippen molar-refractivity contribution in [1.29, 1.82) is 5.26 Å². The Morgan fingerprint density at radius 3 is 2.71 bits per heavy atom. The normalized spacial score (nSPS) is 10.7. The van der Waals surface area contributed by atoms with E-state index < -0.39 is 0 Å². The minimum Gasteiger partial charge on any atom is -0.344 e. The first-order valence-corrected chi connectivity index (χ1v) is 7.82. The van der Waals surface area contributed by atoms with Crippen LogP contribution in [0, 0.1) is 11.3 Å². The first-order chi connectivity index (χ1) is 11.6. The van der Waals surface area contributed by atoms with Gasteiger partial charge in [0.1, 0.15) is 23.1 Å². The number of H-pyrrole nitrogens is 1. The van der Waals surface area contributed by atoms with Crippen LogP contribution in [-0.2, 0) is 11.2 Å². The molecule has 0 unspecified atom stereocenters. The molecule has 120 valence electrons. The number of carbonyl (C=O) groups is 1. The van der Waals surface area contributed by atoms with Crippen molar-refractivity contribution < 1.29 is 4.79 Å². The van der Waals surface area contributed by atoms with Crippen LogP contribution < -0.4 is 5.56 Å². The summed E-state index contributed by atoms with van der Waals surface area (Å²) in [4.78, 5) is 26.6. The van der Waals surface area contributed by atoms with Crippen molar-refractivity contribution in [2.45, 2.75) is 26.2 Å². The number of nitrogens with one attached hydrogen (secondary N) is 1. The zero-order valence-corrected chi connectivity index (χ0v) is 13.4. The van der Waals surface area contributed by atoms with Gasteiger partial charge in [0.15, 0.2) is 0 Å². The molecule has 0 fully saturated rings. The molecule has 5 heteroatoms. The molecule has 0 atom stereocenters. The lowest BCUT2D eigenvalue weighted by Gasteiger charge is -2.02. The highest BCUT2D eigenvalue weighted by Crippen LogP contribution is 2.26. The molecule has 0 aliphatic carbocycles. The number of carbonyl (C=O) groups excluding carboxylic acids is 1. The number of hydrogen-bond acceptors (Lipinski definition) is 3. The minimum absolute atomic E-state index is 0.130. The number of aryl methyl sites for hydroxylation is 1. The summed E-state index contributed by atoms with van der Waals surface area (Å²) in [5, 5.41) is 9.57. The molecule has 0 aliphatic rings. The van der Waals surface area contributed by atoms with Crippen molar-refractivity contribution in [2.75, 3.05) is 0 Å². The summed E-state index contributed by atoms with van der Waals surface area (Å²) < 4.78 is 1.47. The van der Waals surface area contributed by atoms with Crippen LogP contribution in [0.3, 0.4) is 0 Å². The number of aromatic amines is 1. The van der Waals surface area contributed by atoms with Crippen molar-refractivity contribution in [3.8, 4) is 17.2 Å². The third kappa shape index (κ3) is 2.99. The Bertz CT molecular complexity index is 991. The number of hydrogen-bond donors (Lipinski definition) is 1. The molecule has 0 spiro atoms. The van der Waals surface area contributed by atoms with Gasteiger partial charge in [-0.1, -0.05) is 30.3 Å². The molecule has 3 rings (SSSR count). The maximum absolute atomic E-state index is 12.4.